The van der Waals surface area contributed by atoms with E-state index in [-0.39, 0.29) is 11.6 Å². The average Bonchev–Trinajstić information content (AvgIpc) is 3.08. The molecule has 2 aromatic rings. The maximum atomic E-state index is 12.7. The number of carbonyl (C=O) groups is 1. The number of likely N-dealkylation sites (tertiary alicyclic amines) is 1. The van der Waals surface area contributed by atoms with E-state index in [9.17, 15) is 9.59 Å². The first-order valence-electron chi connectivity index (χ1n) is 7.62. The molecular weight excluding hydrogens is 268 g/mol. The van der Waals surface area contributed by atoms with Crippen molar-refractivity contribution in [1.29, 1.82) is 0 Å². The van der Waals surface area contributed by atoms with Crippen LogP contribution in [0.2, 0.25) is 0 Å². The number of pyridine rings is 1. The Bertz CT molecular complexity index is 741. The van der Waals surface area contributed by atoms with Gasteiger partial charge < -0.3 is 4.90 Å². The van der Waals surface area contributed by atoms with Gasteiger partial charge in [0.15, 0.2) is 5.65 Å². The van der Waals surface area contributed by atoms with Crippen LogP contribution in [0.3, 0.4) is 0 Å². The molecule has 2 aromatic heterocycles. The van der Waals surface area contributed by atoms with Crippen LogP contribution in [0.4, 0.5) is 0 Å². The second-order valence-corrected chi connectivity index (χ2v) is 6.07. The first-order chi connectivity index (χ1) is 10.2. The first-order valence-corrected chi connectivity index (χ1v) is 7.62. The van der Waals surface area contributed by atoms with Crippen LogP contribution in [0.5, 0.6) is 0 Å². The molecule has 4 rings (SSSR count). The lowest BCUT2D eigenvalue weighted by Crippen LogP contribution is -2.54. The van der Waals surface area contributed by atoms with Crippen LogP contribution in [0.15, 0.2) is 23.1 Å². The number of hydrogen-bond donors (Lipinski definition) is 1. The predicted octanol–water partition coefficient (Wildman–Crippen LogP) is 1.43. The number of carbonyl (C=O) groups excluding carboxylic acids is 1. The van der Waals surface area contributed by atoms with Crippen LogP contribution in [-0.2, 0) is 0 Å². The first kappa shape index (κ1) is 12.6. The van der Waals surface area contributed by atoms with Crippen molar-refractivity contribution >= 4 is 11.6 Å². The lowest BCUT2D eigenvalue weighted by Gasteiger charge is -2.44. The van der Waals surface area contributed by atoms with E-state index in [1.165, 1.54) is 30.1 Å². The maximum Gasteiger partial charge on any atom is 0.347 e. The highest BCUT2D eigenvalue weighted by molar-refractivity contribution is 5.95. The number of aromatic nitrogens is 3. The van der Waals surface area contributed by atoms with E-state index in [0.717, 1.165) is 13.0 Å². The number of fused-ring (bicyclic) bond motifs is 1. The normalized spacial score (nSPS) is 22.7. The van der Waals surface area contributed by atoms with Crippen LogP contribution < -0.4 is 5.69 Å². The van der Waals surface area contributed by atoms with Gasteiger partial charge in [-0.05, 0) is 37.3 Å². The largest absolute Gasteiger partial charge is 0.347 e. The third-order valence-electron chi connectivity index (χ3n) is 4.93. The second-order valence-electron chi connectivity index (χ2n) is 6.07. The Morgan fingerprint density at radius 3 is 2.76 bits per heavy atom. The zero-order chi connectivity index (χ0) is 14.4. The highest BCUT2D eigenvalue weighted by atomic mass is 16.2. The van der Waals surface area contributed by atoms with Crippen molar-refractivity contribution in [1.82, 2.24) is 19.5 Å². The Morgan fingerprint density at radius 1 is 1.24 bits per heavy atom. The molecule has 1 amide bonds. The van der Waals surface area contributed by atoms with Gasteiger partial charge in [0.25, 0.3) is 5.91 Å². The van der Waals surface area contributed by atoms with Gasteiger partial charge in [0, 0.05) is 18.8 Å². The zero-order valence-electron chi connectivity index (χ0n) is 11.8. The molecule has 1 aliphatic carbocycles. The Hall–Kier alpha value is -2.11. The van der Waals surface area contributed by atoms with Crippen LogP contribution >= 0.6 is 0 Å². The topological polar surface area (TPSA) is 70.5 Å². The molecule has 1 N–H and O–H groups in total. The van der Waals surface area contributed by atoms with E-state index >= 15 is 0 Å². The van der Waals surface area contributed by atoms with E-state index in [0.29, 0.717) is 23.2 Å². The van der Waals surface area contributed by atoms with Crippen molar-refractivity contribution in [2.75, 3.05) is 6.54 Å². The monoisotopic (exact) mass is 286 g/mol. The summed E-state index contributed by atoms with van der Waals surface area (Å²) in [6, 6.07) is 3.86. The van der Waals surface area contributed by atoms with E-state index in [4.69, 9.17) is 0 Å². The van der Waals surface area contributed by atoms with Gasteiger partial charge in [0.2, 0.25) is 0 Å². The standard InChI is InChI=1S/C15H18N4O2/c20-14(18-8-7-12(18)10-3-1-2-4-10)11-5-6-13-16-17-15(21)19(13)9-11/h5-6,9-10,12H,1-4,7-8H2,(H,17,21)/t12-/m0/s1. The van der Waals surface area contributed by atoms with Crippen LogP contribution in [-0.4, -0.2) is 38.0 Å². The number of aromatic amines is 1. The fraction of sp³-hybridized carbons (Fsp3) is 0.533. The number of H-pyrrole nitrogens is 1. The molecule has 1 saturated heterocycles. The number of nitrogens with one attached hydrogen (secondary N) is 1. The molecule has 2 fully saturated rings. The van der Waals surface area contributed by atoms with Crippen molar-refractivity contribution in [3.8, 4) is 0 Å². The molecule has 0 unspecified atom stereocenters. The summed E-state index contributed by atoms with van der Waals surface area (Å²) < 4.78 is 1.39. The number of hydrogen-bond acceptors (Lipinski definition) is 3. The highest BCUT2D eigenvalue weighted by Gasteiger charge is 2.39. The molecule has 2 aliphatic rings. The average molecular weight is 286 g/mol. The van der Waals surface area contributed by atoms with Gasteiger partial charge in [-0.15, -0.1) is 0 Å². The lowest BCUT2D eigenvalue weighted by molar-refractivity contribution is 0.0307. The maximum absolute atomic E-state index is 12.7. The fourth-order valence-electron chi connectivity index (χ4n) is 3.69. The van der Waals surface area contributed by atoms with Gasteiger partial charge in [-0.3, -0.25) is 4.79 Å². The summed E-state index contributed by atoms with van der Waals surface area (Å²) in [4.78, 5) is 26.2. The molecule has 1 atom stereocenters. The number of rotatable bonds is 2. The smallest absolute Gasteiger partial charge is 0.335 e. The lowest BCUT2D eigenvalue weighted by atomic mass is 9.87. The quantitative estimate of drug-likeness (QED) is 0.907. The highest BCUT2D eigenvalue weighted by Crippen LogP contribution is 2.36. The van der Waals surface area contributed by atoms with E-state index in [1.54, 1.807) is 18.3 Å². The summed E-state index contributed by atoms with van der Waals surface area (Å²) in [6.07, 6.45) is 7.78. The molecule has 110 valence electrons. The summed E-state index contributed by atoms with van der Waals surface area (Å²) in [6.45, 7) is 0.832. The number of amides is 1. The van der Waals surface area contributed by atoms with Crippen LogP contribution in [0, 0.1) is 5.92 Å². The fourth-order valence-corrected chi connectivity index (χ4v) is 3.69. The third kappa shape index (κ3) is 1.97. The third-order valence-corrected chi connectivity index (χ3v) is 4.93. The molecule has 1 aliphatic heterocycles. The van der Waals surface area contributed by atoms with E-state index < -0.39 is 0 Å². The van der Waals surface area contributed by atoms with Crippen molar-refractivity contribution < 1.29 is 4.79 Å². The molecule has 0 radical (unpaired) electrons. The molecule has 0 aromatic carbocycles. The minimum atomic E-state index is -0.310. The van der Waals surface area contributed by atoms with E-state index in [1.807, 2.05) is 4.90 Å². The van der Waals surface area contributed by atoms with Gasteiger partial charge in [0.05, 0.1) is 5.56 Å². The summed E-state index contributed by atoms with van der Waals surface area (Å²) in [5.41, 5.74) is 0.789. The molecule has 6 heteroatoms. The minimum absolute atomic E-state index is 0.0353. The van der Waals surface area contributed by atoms with Gasteiger partial charge in [0.1, 0.15) is 0 Å². The van der Waals surface area contributed by atoms with Crippen LogP contribution in [0.1, 0.15) is 42.5 Å². The summed E-state index contributed by atoms with van der Waals surface area (Å²) in [5, 5.41) is 6.26. The summed E-state index contributed by atoms with van der Waals surface area (Å²) in [7, 11) is 0. The number of nitrogens with zero attached hydrogens (tertiary/aromatic N) is 3. The molecular formula is C15H18N4O2. The van der Waals surface area contributed by atoms with E-state index in [2.05, 4.69) is 10.2 Å². The van der Waals surface area contributed by atoms with Crippen molar-refractivity contribution in [3.05, 3.63) is 34.4 Å². The molecule has 3 heterocycles. The summed E-state index contributed by atoms with van der Waals surface area (Å²) >= 11 is 0. The minimum Gasteiger partial charge on any atom is -0.335 e. The molecule has 0 spiro atoms. The van der Waals surface area contributed by atoms with Gasteiger partial charge in [-0.25, -0.2) is 14.3 Å². The molecule has 6 nitrogen and oxygen atoms in total. The van der Waals surface area contributed by atoms with Crippen molar-refractivity contribution in [2.24, 2.45) is 5.92 Å². The SMILES string of the molecule is O=C(c1ccc2n[nH]c(=O)n2c1)N1CC[C@H]1C1CCCC1. The van der Waals surface area contributed by atoms with Crippen molar-refractivity contribution in [2.45, 2.75) is 38.1 Å². The predicted molar refractivity (Wildman–Crippen MR) is 77.2 cm³/mol. The molecule has 0 bridgehead atoms. The van der Waals surface area contributed by atoms with Crippen LogP contribution in [0.25, 0.3) is 5.65 Å². The summed E-state index contributed by atoms with van der Waals surface area (Å²) in [5.74, 6) is 0.705. The van der Waals surface area contributed by atoms with Crippen molar-refractivity contribution in [3.63, 3.8) is 0 Å². The zero-order valence-corrected chi connectivity index (χ0v) is 11.8. The Kier molecular flexibility index (Phi) is 2.83. The van der Waals surface area contributed by atoms with Gasteiger partial charge >= 0.3 is 5.69 Å². The Morgan fingerprint density at radius 2 is 2.05 bits per heavy atom. The second kappa shape index (κ2) is 4.72. The molecule has 21 heavy (non-hydrogen) atoms. The van der Waals surface area contributed by atoms with Gasteiger partial charge in [-0.2, -0.15) is 5.10 Å². The molecule has 1 saturated carbocycles. The Labute approximate surface area is 121 Å². The Balaban J connectivity index is 1.60. The van der Waals surface area contributed by atoms with Gasteiger partial charge in [-0.1, -0.05) is 12.8 Å².